The number of alkyl halides is 3. The van der Waals surface area contributed by atoms with Crippen molar-refractivity contribution in [2.75, 3.05) is 13.1 Å². The van der Waals surface area contributed by atoms with E-state index >= 15 is 0 Å². The van der Waals surface area contributed by atoms with Crippen LogP contribution in [0.15, 0.2) is 46.8 Å². The van der Waals surface area contributed by atoms with Crippen LogP contribution >= 0.6 is 0 Å². The second-order valence-corrected chi connectivity index (χ2v) is 9.90. The fourth-order valence-electron chi connectivity index (χ4n) is 5.18. The first kappa shape index (κ1) is 22.6. The van der Waals surface area contributed by atoms with Gasteiger partial charge in [-0.1, -0.05) is 26.0 Å². The maximum atomic E-state index is 13.6. The third-order valence-corrected chi connectivity index (χ3v) is 6.68. The summed E-state index contributed by atoms with van der Waals surface area (Å²) in [5.41, 5.74) is 2.03. The summed E-state index contributed by atoms with van der Waals surface area (Å²) in [7, 11) is 0. The third kappa shape index (κ3) is 4.21. The van der Waals surface area contributed by atoms with Crippen molar-refractivity contribution in [1.82, 2.24) is 10.2 Å². The highest BCUT2D eigenvalue weighted by molar-refractivity contribution is 6.05. The van der Waals surface area contributed by atoms with Crippen molar-refractivity contribution in [3.8, 4) is 0 Å². The summed E-state index contributed by atoms with van der Waals surface area (Å²) in [5.74, 6) is -0.847. The number of allylic oxidation sites excluding steroid dienone is 3. The SMILES string of the molecule is CC1=C(C(=O)N2CCCCC2)[C@@H](c2ccc(C(F)(F)F)cc2)C2=C(CC(C)(C)CC2=O)N1. The number of nitrogens with one attached hydrogen (secondary N) is 1. The van der Waals surface area contributed by atoms with E-state index in [2.05, 4.69) is 5.32 Å². The summed E-state index contributed by atoms with van der Waals surface area (Å²) in [6.07, 6.45) is -0.525. The number of ketones is 1. The van der Waals surface area contributed by atoms with Crippen LogP contribution < -0.4 is 5.32 Å². The van der Waals surface area contributed by atoms with E-state index in [1.807, 2.05) is 25.7 Å². The quantitative estimate of drug-likeness (QED) is 0.669. The topological polar surface area (TPSA) is 49.4 Å². The fraction of sp³-hybridized carbons (Fsp3) is 0.520. The van der Waals surface area contributed by atoms with Crippen LogP contribution in [-0.2, 0) is 15.8 Å². The second kappa shape index (κ2) is 8.09. The highest BCUT2D eigenvalue weighted by Gasteiger charge is 2.43. The number of Topliss-reactive ketones (excluding diaryl/α,β-unsaturated/α-hetero) is 1. The minimum absolute atomic E-state index is 0.0508. The van der Waals surface area contributed by atoms with Crippen molar-refractivity contribution < 1.29 is 22.8 Å². The van der Waals surface area contributed by atoms with Crippen molar-refractivity contribution in [2.45, 2.75) is 65.0 Å². The summed E-state index contributed by atoms with van der Waals surface area (Å²) >= 11 is 0. The predicted octanol–water partition coefficient (Wildman–Crippen LogP) is 5.32. The number of halogens is 3. The van der Waals surface area contributed by atoms with E-state index < -0.39 is 17.7 Å². The van der Waals surface area contributed by atoms with Crippen LogP contribution in [0.1, 0.15) is 69.9 Å². The number of likely N-dealkylation sites (tertiary alicyclic amines) is 1. The van der Waals surface area contributed by atoms with Gasteiger partial charge in [-0.3, -0.25) is 9.59 Å². The van der Waals surface area contributed by atoms with Gasteiger partial charge in [0.25, 0.3) is 5.91 Å². The molecule has 7 heteroatoms. The molecule has 0 bridgehead atoms. The molecular formula is C25H29F3N2O2. The van der Waals surface area contributed by atoms with Gasteiger partial charge in [0.1, 0.15) is 0 Å². The smallest absolute Gasteiger partial charge is 0.362 e. The molecule has 4 rings (SSSR count). The Bertz CT molecular complexity index is 997. The number of piperidine rings is 1. The third-order valence-electron chi connectivity index (χ3n) is 6.68. The minimum Gasteiger partial charge on any atom is -0.362 e. The van der Waals surface area contributed by atoms with Crippen molar-refractivity contribution in [2.24, 2.45) is 5.41 Å². The molecule has 1 aliphatic carbocycles. The molecule has 1 N–H and O–H groups in total. The normalized spacial score (nSPS) is 23.8. The largest absolute Gasteiger partial charge is 0.416 e. The summed E-state index contributed by atoms with van der Waals surface area (Å²) in [6.45, 7) is 7.18. The van der Waals surface area contributed by atoms with Crippen molar-refractivity contribution in [3.05, 3.63) is 57.9 Å². The van der Waals surface area contributed by atoms with Gasteiger partial charge in [-0.2, -0.15) is 13.2 Å². The zero-order valence-corrected chi connectivity index (χ0v) is 18.7. The molecule has 4 nitrogen and oxygen atoms in total. The van der Waals surface area contributed by atoms with Crippen LogP contribution in [0, 0.1) is 5.41 Å². The molecule has 172 valence electrons. The van der Waals surface area contributed by atoms with Crippen LogP contribution in [0.2, 0.25) is 0 Å². The molecule has 1 atom stereocenters. The lowest BCUT2D eigenvalue weighted by atomic mass is 9.68. The van der Waals surface area contributed by atoms with Gasteiger partial charge in [-0.05, 0) is 55.7 Å². The van der Waals surface area contributed by atoms with Gasteiger partial charge in [0.15, 0.2) is 5.78 Å². The molecule has 0 spiro atoms. The number of hydrogen-bond donors (Lipinski definition) is 1. The first-order valence-electron chi connectivity index (χ1n) is 11.2. The first-order chi connectivity index (χ1) is 15.0. The number of benzene rings is 1. The molecule has 1 aromatic rings. The highest BCUT2D eigenvalue weighted by Crippen LogP contribution is 2.47. The number of nitrogens with zero attached hydrogens (tertiary/aromatic N) is 1. The lowest BCUT2D eigenvalue weighted by Crippen LogP contribution is -2.43. The molecule has 2 heterocycles. The van der Waals surface area contributed by atoms with Crippen LogP contribution in [0.5, 0.6) is 0 Å². The molecule has 3 aliphatic rings. The van der Waals surface area contributed by atoms with E-state index in [4.69, 9.17) is 0 Å². The van der Waals surface area contributed by atoms with Gasteiger partial charge in [-0.25, -0.2) is 0 Å². The Labute approximate surface area is 186 Å². The Morgan fingerprint density at radius 1 is 1.06 bits per heavy atom. The van der Waals surface area contributed by atoms with Crippen molar-refractivity contribution in [3.63, 3.8) is 0 Å². The minimum atomic E-state index is -4.44. The molecule has 0 radical (unpaired) electrons. The molecule has 32 heavy (non-hydrogen) atoms. The van der Waals surface area contributed by atoms with E-state index in [1.165, 1.54) is 12.1 Å². The average molecular weight is 447 g/mol. The van der Waals surface area contributed by atoms with Gasteiger partial charge in [0.05, 0.1) is 5.56 Å². The molecule has 2 aliphatic heterocycles. The average Bonchev–Trinajstić information content (AvgIpc) is 2.71. The first-order valence-corrected chi connectivity index (χ1v) is 11.2. The molecule has 0 saturated carbocycles. The number of carbonyl (C=O) groups is 2. The summed E-state index contributed by atoms with van der Waals surface area (Å²) in [6, 6.07) is 4.89. The monoisotopic (exact) mass is 446 g/mol. The highest BCUT2D eigenvalue weighted by atomic mass is 19.4. The molecule has 1 aromatic carbocycles. The lowest BCUT2D eigenvalue weighted by Gasteiger charge is -2.41. The number of rotatable bonds is 2. The lowest BCUT2D eigenvalue weighted by molar-refractivity contribution is -0.137. The molecule has 1 fully saturated rings. The predicted molar refractivity (Wildman–Crippen MR) is 115 cm³/mol. The van der Waals surface area contributed by atoms with Gasteiger partial charge < -0.3 is 10.2 Å². The Hall–Kier alpha value is -2.57. The number of dihydropyridines is 1. The van der Waals surface area contributed by atoms with E-state index in [9.17, 15) is 22.8 Å². The Morgan fingerprint density at radius 3 is 2.28 bits per heavy atom. The Balaban J connectivity index is 1.82. The van der Waals surface area contributed by atoms with E-state index in [-0.39, 0.29) is 17.1 Å². The summed E-state index contributed by atoms with van der Waals surface area (Å²) in [5, 5.41) is 3.32. The summed E-state index contributed by atoms with van der Waals surface area (Å²) < 4.78 is 39.4. The summed E-state index contributed by atoms with van der Waals surface area (Å²) in [4.78, 5) is 28.7. The van der Waals surface area contributed by atoms with Crippen LogP contribution in [-0.4, -0.2) is 29.7 Å². The van der Waals surface area contributed by atoms with Crippen LogP contribution in [0.4, 0.5) is 13.2 Å². The van der Waals surface area contributed by atoms with E-state index in [0.29, 0.717) is 48.3 Å². The Kier molecular flexibility index (Phi) is 5.72. The van der Waals surface area contributed by atoms with Crippen LogP contribution in [0.25, 0.3) is 0 Å². The van der Waals surface area contributed by atoms with Gasteiger partial charge in [-0.15, -0.1) is 0 Å². The number of amides is 1. The van der Waals surface area contributed by atoms with Crippen LogP contribution in [0.3, 0.4) is 0 Å². The zero-order valence-electron chi connectivity index (χ0n) is 18.7. The number of carbonyl (C=O) groups excluding carboxylic acids is 2. The standard InChI is InChI=1S/C25H29F3N2O2/c1-15-20(23(32)30-11-5-4-6-12-30)21(16-7-9-17(10-8-16)25(26,27)28)22-18(29-15)13-24(2,3)14-19(22)31/h7-10,21,29H,4-6,11-14H2,1-3H3/t21-/m1/s1. The van der Waals surface area contributed by atoms with E-state index in [0.717, 1.165) is 37.1 Å². The van der Waals surface area contributed by atoms with E-state index in [1.54, 1.807) is 0 Å². The maximum absolute atomic E-state index is 13.6. The van der Waals surface area contributed by atoms with Gasteiger partial charge in [0, 0.05) is 48.0 Å². The Morgan fingerprint density at radius 2 is 1.69 bits per heavy atom. The van der Waals surface area contributed by atoms with Gasteiger partial charge in [0.2, 0.25) is 0 Å². The molecule has 0 aromatic heterocycles. The molecule has 0 unspecified atom stereocenters. The molecule has 1 saturated heterocycles. The van der Waals surface area contributed by atoms with Gasteiger partial charge >= 0.3 is 6.18 Å². The number of hydrogen-bond acceptors (Lipinski definition) is 3. The zero-order chi connectivity index (χ0) is 23.3. The molecular weight excluding hydrogens is 417 g/mol. The second-order valence-electron chi connectivity index (χ2n) is 9.90. The van der Waals surface area contributed by atoms with Crippen molar-refractivity contribution in [1.29, 1.82) is 0 Å². The fourth-order valence-corrected chi connectivity index (χ4v) is 5.18. The molecule has 1 amide bonds. The van der Waals surface area contributed by atoms with Crippen molar-refractivity contribution >= 4 is 11.7 Å². The maximum Gasteiger partial charge on any atom is 0.416 e.